The van der Waals surface area contributed by atoms with Crippen LogP contribution in [0.5, 0.6) is 0 Å². The first-order chi connectivity index (χ1) is 4.79. The molecule has 0 spiro atoms. The van der Waals surface area contributed by atoms with Crippen molar-refractivity contribution in [2.75, 3.05) is 0 Å². The summed E-state index contributed by atoms with van der Waals surface area (Å²) in [6.07, 6.45) is 12.9. The Labute approximate surface area is 63.8 Å². The third-order valence-electron chi connectivity index (χ3n) is 1.69. The van der Waals surface area contributed by atoms with E-state index in [0.29, 0.717) is 12.2 Å². The van der Waals surface area contributed by atoms with E-state index in [1.54, 1.807) is 0 Å². The summed E-state index contributed by atoms with van der Waals surface area (Å²) in [7, 11) is 0. The predicted octanol–water partition coefficient (Wildman–Crippen LogP) is 2.21. The van der Waals surface area contributed by atoms with Crippen LogP contribution in [0.4, 0.5) is 0 Å². The van der Waals surface area contributed by atoms with Gasteiger partial charge in [0, 0.05) is 0 Å². The molecule has 1 aliphatic rings. The fourth-order valence-electron chi connectivity index (χ4n) is 1.23. The lowest BCUT2D eigenvalue weighted by molar-refractivity contribution is -0.0292. The first kappa shape index (κ1) is 9.52. The normalized spacial score (nSPS) is 32.0. The molecule has 0 amide bonds. The summed E-state index contributed by atoms with van der Waals surface area (Å²) in [5.74, 6) is 0. The lowest BCUT2D eigenvalue weighted by atomic mass is 10.1. The number of terminal acetylenes is 1. The van der Waals surface area contributed by atoms with E-state index in [1.807, 2.05) is 0 Å². The number of rotatable bonds is 0. The van der Waals surface area contributed by atoms with Crippen LogP contribution in [0.15, 0.2) is 0 Å². The third kappa shape index (κ3) is 3.53. The highest BCUT2D eigenvalue weighted by molar-refractivity contribution is 4.63. The summed E-state index contributed by atoms with van der Waals surface area (Å²) >= 11 is 0. The van der Waals surface area contributed by atoms with Crippen molar-refractivity contribution in [3.63, 3.8) is 0 Å². The Balaban J connectivity index is 0.000000371. The van der Waals surface area contributed by atoms with Crippen LogP contribution in [0.25, 0.3) is 0 Å². The molecule has 0 aromatic heterocycles. The van der Waals surface area contributed by atoms with Gasteiger partial charge in [-0.2, -0.15) is 0 Å². The maximum absolute atomic E-state index is 5.49. The fraction of sp³-hybridized carbons (Fsp3) is 0.778. The highest BCUT2D eigenvalue weighted by atomic mass is 16.5. The van der Waals surface area contributed by atoms with Crippen molar-refractivity contribution >= 4 is 0 Å². The molecule has 10 heavy (non-hydrogen) atoms. The summed E-state index contributed by atoms with van der Waals surface area (Å²) in [6.45, 7) is 4.30. The molecule has 1 aliphatic heterocycles. The van der Waals surface area contributed by atoms with Gasteiger partial charge in [0.1, 0.15) is 0 Å². The Bertz CT molecular complexity index is 88.1. The number of hydrogen-bond acceptors (Lipinski definition) is 1. The van der Waals surface area contributed by atoms with Gasteiger partial charge in [0.25, 0.3) is 0 Å². The molecule has 0 N–H and O–H groups in total. The summed E-state index contributed by atoms with van der Waals surface area (Å²) in [4.78, 5) is 0. The third-order valence-corrected chi connectivity index (χ3v) is 1.69. The maximum atomic E-state index is 5.49. The van der Waals surface area contributed by atoms with Gasteiger partial charge in [-0.1, -0.05) is 0 Å². The molecule has 1 heteroatoms. The average Bonchev–Trinajstić information content (AvgIpc) is 1.91. The van der Waals surface area contributed by atoms with E-state index in [0.717, 1.165) is 0 Å². The molecule has 1 rings (SSSR count). The summed E-state index contributed by atoms with van der Waals surface area (Å²) in [5, 5.41) is 0. The van der Waals surface area contributed by atoms with Crippen LogP contribution in [0.2, 0.25) is 0 Å². The van der Waals surface area contributed by atoms with Crippen LogP contribution in [-0.4, -0.2) is 12.2 Å². The van der Waals surface area contributed by atoms with E-state index < -0.39 is 0 Å². The molecule has 1 heterocycles. The van der Waals surface area contributed by atoms with Crippen LogP contribution in [0, 0.1) is 12.8 Å². The topological polar surface area (TPSA) is 9.23 Å². The highest BCUT2D eigenvalue weighted by Gasteiger charge is 2.13. The van der Waals surface area contributed by atoms with E-state index in [1.165, 1.54) is 19.3 Å². The standard InChI is InChI=1S/C7H14O.C2H2/c1-6-4-3-5-7(2)8-6;1-2/h6-7H,3-5H2,1-2H3;1-2H. The molecule has 0 bridgehead atoms. The first-order valence-corrected chi connectivity index (χ1v) is 3.78. The Morgan fingerprint density at radius 2 is 1.50 bits per heavy atom. The maximum Gasteiger partial charge on any atom is 0.0550 e. The Morgan fingerprint density at radius 1 is 1.10 bits per heavy atom. The van der Waals surface area contributed by atoms with Crippen molar-refractivity contribution < 1.29 is 4.74 Å². The summed E-state index contributed by atoms with van der Waals surface area (Å²) in [5.41, 5.74) is 0. The summed E-state index contributed by atoms with van der Waals surface area (Å²) < 4.78 is 5.49. The van der Waals surface area contributed by atoms with Crippen molar-refractivity contribution in [1.29, 1.82) is 0 Å². The van der Waals surface area contributed by atoms with Crippen molar-refractivity contribution in [2.45, 2.75) is 45.3 Å². The lowest BCUT2D eigenvalue weighted by Gasteiger charge is -2.24. The minimum Gasteiger partial charge on any atom is -0.376 e. The predicted molar refractivity (Wildman–Crippen MR) is 43.8 cm³/mol. The first-order valence-electron chi connectivity index (χ1n) is 3.78. The molecule has 0 saturated carbocycles. The smallest absolute Gasteiger partial charge is 0.0550 e. The second kappa shape index (κ2) is 5.32. The molecule has 0 radical (unpaired) electrons. The Morgan fingerprint density at radius 3 is 1.70 bits per heavy atom. The van der Waals surface area contributed by atoms with E-state index in [2.05, 4.69) is 26.7 Å². The minimum absolute atomic E-state index is 0.513. The van der Waals surface area contributed by atoms with Gasteiger partial charge in [0.05, 0.1) is 12.2 Å². The SMILES string of the molecule is C#C.CC1CCCC(C)O1. The van der Waals surface area contributed by atoms with E-state index in [-0.39, 0.29) is 0 Å². The molecule has 0 aromatic rings. The van der Waals surface area contributed by atoms with Gasteiger partial charge < -0.3 is 4.74 Å². The molecule has 1 fully saturated rings. The van der Waals surface area contributed by atoms with Crippen molar-refractivity contribution in [2.24, 2.45) is 0 Å². The van der Waals surface area contributed by atoms with Gasteiger partial charge in [-0.15, -0.1) is 12.8 Å². The zero-order valence-corrected chi connectivity index (χ0v) is 6.84. The molecule has 1 saturated heterocycles. The van der Waals surface area contributed by atoms with Gasteiger partial charge in [0.15, 0.2) is 0 Å². The second-order valence-electron chi connectivity index (χ2n) is 2.69. The molecular weight excluding hydrogens is 124 g/mol. The van der Waals surface area contributed by atoms with Crippen molar-refractivity contribution in [3.8, 4) is 12.8 Å². The minimum atomic E-state index is 0.513. The monoisotopic (exact) mass is 140 g/mol. The molecule has 0 aliphatic carbocycles. The van der Waals surface area contributed by atoms with Gasteiger partial charge in [-0.3, -0.25) is 0 Å². The molecule has 58 valence electrons. The van der Waals surface area contributed by atoms with Crippen LogP contribution >= 0.6 is 0 Å². The van der Waals surface area contributed by atoms with Crippen LogP contribution < -0.4 is 0 Å². The molecule has 2 unspecified atom stereocenters. The van der Waals surface area contributed by atoms with Crippen LogP contribution in [-0.2, 0) is 4.74 Å². The quantitative estimate of drug-likeness (QED) is 0.469. The molecule has 1 nitrogen and oxygen atoms in total. The largest absolute Gasteiger partial charge is 0.376 e. The lowest BCUT2D eigenvalue weighted by Crippen LogP contribution is -2.22. The van der Waals surface area contributed by atoms with Crippen LogP contribution in [0.3, 0.4) is 0 Å². The Hall–Kier alpha value is -0.480. The molecular formula is C9H16O. The van der Waals surface area contributed by atoms with Gasteiger partial charge in [-0.25, -0.2) is 0 Å². The van der Waals surface area contributed by atoms with E-state index in [9.17, 15) is 0 Å². The molecule has 0 aromatic carbocycles. The van der Waals surface area contributed by atoms with Crippen molar-refractivity contribution in [3.05, 3.63) is 0 Å². The number of hydrogen-bond donors (Lipinski definition) is 0. The second-order valence-corrected chi connectivity index (χ2v) is 2.69. The number of ether oxygens (including phenoxy) is 1. The molecule has 2 atom stereocenters. The Kier molecular flexibility index (Phi) is 5.06. The van der Waals surface area contributed by atoms with Gasteiger partial charge >= 0.3 is 0 Å². The zero-order chi connectivity index (χ0) is 7.98. The highest BCUT2D eigenvalue weighted by Crippen LogP contribution is 2.17. The van der Waals surface area contributed by atoms with E-state index in [4.69, 9.17) is 4.74 Å². The van der Waals surface area contributed by atoms with E-state index >= 15 is 0 Å². The zero-order valence-electron chi connectivity index (χ0n) is 6.84. The summed E-state index contributed by atoms with van der Waals surface area (Å²) in [6, 6.07) is 0. The van der Waals surface area contributed by atoms with Crippen molar-refractivity contribution in [1.82, 2.24) is 0 Å². The van der Waals surface area contributed by atoms with Gasteiger partial charge in [0.2, 0.25) is 0 Å². The van der Waals surface area contributed by atoms with Crippen LogP contribution in [0.1, 0.15) is 33.1 Å². The van der Waals surface area contributed by atoms with Gasteiger partial charge in [-0.05, 0) is 33.1 Å². The fourth-order valence-corrected chi connectivity index (χ4v) is 1.23. The average molecular weight is 140 g/mol.